The molecule has 3 heterocycles. The molecule has 3 aromatic rings. The third-order valence-electron chi connectivity index (χ3n) is 4.34. The molecule has 140 valence electrons. The van der Waals surface area contributed by atoms with Gasteiger partial charge in [-0.2, -0.15) is 5.10 Å². The van der Waals surface area contributed by atoms with E-state index in [1.165, 1.54) is 0 Å². The first-order chi connectivity index (χ1) is 13.2. The number of fused-ring (bicyclic) bond motifs is 1. The maximum Gasteiger partial charge on any atom is 0.163 e. The van der Waals surface area contributed by atoms with Gasteiger partial charge in [0.1, 0.15) is 11.6 Å². The largest absolute Gasteiger partial charge is 0.369 e. The average molecular weight is 404 g/mol. The summed E-state index contributed by atoms with van der Waals surface area (Å²) >= 11 is 12.4. The number of benzene rings is 1. The number of nitrogens with zero attached hydrogens (tertiary/aromatic N) is 3. The molecule has 0 bridgehead atoms. The van der Waals surface area contributed by atoms with Gasteiger partial charge in [-0.05, 0) is 37.2 Å². The molecule has 1 aliphatic rings. The van der Waals surface area contributed by atoms with Gasteiger partial charge in [0.15, 0.2) is 5.82 Å². The molecule has 0 unspecified atom stereocenters. The Labute approximate surface area is 166 Å². The highest BCUT2D eigenvalue weighted by molar-refractivity contribution is 6.36. The fourth-order valence-corrected chi connectivity index (χ4v) is 3.52. The number of anilines is 2. The SMILES string of the molecule is Clc1ccc(-c2nc3c(c(NCCNc4ccn[nH]4)n2)CCNC3)c(Cl)c1. The molecule has 4 rings (SSSR count). The van der Waals surface area contributed by atoms with Crippen molar-refractivity contribution in [1.29, 1.82) is 0 Å². The van der Waals surface area contributed by atoms with E-state index in [2.05, 4.69) is 26.1 Å². The van der Waals surface area contributed by atoms with Crippen LogP contribution in [0.5, 0.6) is 0 Å². The molecule has 27 heavy (non-hydrogen) atoms. The molecule has 0 spiro atoms. The summed E-state index contributed by atoms with van der Waals surface area (Å²) in [4.78, 5) is 9.49. The fraction of sp³-hybridized carbons (Fsp3) is 0.278. The molecular weight excluding hydrogens is 385 g/mol. The highest BCUT2D eigenvalue weighted by Crippen LogP contribution is 2.31. The van der Waals surface area contributed by atoms with Gasteiger partial charge in [0.05, 0.1) is 16.9 Å². The van der Waals surface area contributed by atoms with Crippen LogP contribution >= 0.6 is 23.2 Å². The molecule has 1 aliphatic heterocycles. The third-order valence-corrected chi connectivity index (χ3v) is 4.89. The Morgan fingerprint density at radius 2 is 1.96 bits per heavy atom. The minimum atomic E-state index is 0.540. The maximum absolute atomic E-state index is 6.36. The molecule has 7 nitrogen and oxygen atoms in total. The van der Waals surface area contributed by atoms with Gasteiger partial charge in [0, 0.05) is 35.8 Å². The van der Waals surface area contributed by atoms with E-state index in [1.54, 1.807) is 18.3 Å². The van der Waals surface area contributed by atoms with Crippen LogP contribution in [0.25, 0.3) is 11.4 Å². The first-order valence-electron chi connectivity index (χ1n) is 8.74. The van der Waals surface area contributed by atoms with Crippen LogP contribution in [-0.2, 0) is 13.0 Å². The molecule has 9 heteroatoms. The fourth-order valence-electron chi connectivity index (χ4n) is 3.03. The van der Waals surface area contributed by atoms with Crippen LogP contribution in [0.1, 0.15) is 11.3 Å². The summed E-state index contributed by atoms with van der Waals surface area (Å²) in [5, 5.41) is 18.0. The van der Waals surface area contributed by atoms with Gasteiger partial charge in [-0.1, -0.05) is 23.2 Å². The number of rotatable bonds is 6. The van der Waals surface area contributed by atoms with Crippen molar-refractivity contribution in [3.63, 3.8) is 0 Å². The molecule has 4 N–H and O–H groups in total. The smallest absolute Gasteiger partial charge is 0.163 e. The molecule has 0 saturated heterocycles. The summed E-state index contributed by atoms with van der Waals surface area (Å²) in [5.41, 5.74) is 2.93. The van der Waals surface area contributed by atoms with Gasteiger partial charge in [0.2, 0.25) is 0 Å². The van der Waals surface area contributed by atoms with E-state index >= 15 is 0 Å². The Morgan fingerprint density at radius 1 is 1.07 bits per heavy atom. The van der Waals surface area contributed by atoms with Crippen LogP contribution in [0.4, 0.5) is 11.6 Å². The van der Waals surface area contributed by atoms with Crippen LogP contribution in [-0.4, -0.2) is 39.8 Å². The van der Waals surface area contributed by atoms with Gasteiger partial charge in [-0.15, -0.1) is 0 Å². The number of hydrogen-bond donors (Lipinski definition) is 4. The number of aromatic nitrogens is 4. The van der Waals surface area contributed by atoms with E-state index in [4.69, 9.17) is 33.2 Å². The summed E-state index contributed by atoms with van der Waals surface area (Å²) in [6.07, 6.45) is 2.60. The van der Waals surface area contributed by atoms with Crippen LogP contribution in [0.3, 0.4) is 0 Å². The van der Waals surface area contributed by atoms with E-state index in [-0.39, 0.29) is 0 Å². The van der Waals surface area contributed by atoms with E-state index in [1.807, 2.05) is 12.1 Å². The molecule has 1 aromatic carbocycles. The topological polar surface area (TPSA) is 90.5 Å². The first-order valence-corrected chi connectivity index (χ1v) is 9.49. The summed E-state index contributed by atoms with van der Waals surface area (Å²) in [5.74, 6) is 2.34. The minimum absolute atomic E-state index is 0.540. The normalized spacial score (nSPS) is 13.3. The Bertz CT molecular complexity index is 928. The number of H-pyrrole nitrogens is 1. The summed E-state index contributed by atoms with van der Waals surface area (Å²) < 4.78 is 0. The molecule has 0 radical (unpaired) electrons. The second kappa shape index (κ2) is 8.12. The molecule has 0 fully saturated rings. The quantitative estimate of drug-likeness (QED) is 0.471. The molecule has 0 amide bonds. The van der Waals surface area contributed by atoms with E-state index < -0.39 is 0 Å². The summed E-state index contributed by atoms with van der Waals surface area (Å²) in [7, 11) is 0. The Hall–Kier alpha value is -2.35. The van der Waals surface area contributed by atoms with E-state index in [0.29, 0.717) is 22.4 Å². The lowest BCUT2D eigenvalue weighted by atomic mass is 10.1. The lowest BCUT2D eigenvalue weighted by molar-refractivity contribution is 0.625. The highest BCUT2D eigenvalue weighted by atomic mass is 35.5. The van der Waals surface area contributed by atoms with E-state index in [0.717, 1.165) is 54.5 Å². The minimum Gasteiger partial charge on any atom is -0.369 e. The van der Waals surface area contributed by atoms with Crippen molar-refractivity contribution in [2.24, 2.45) is 0 Å². The third kappa shape index (κ3) is 4.16. The van der Waals surface area contributed by atoms with Gasteiger partial charge in [-0.25, -0.2) is 9.97 Å². The molecular formula is C18H19Cl2N7. The summed E-state index contributed by atoms with van der Waals surface area (Å²) in [6, 6.07) is 7.25. The van der Waals surface area contributed by atoms with Crippen molar-refractivity contribution in [2.75, 3.05) is 30.3 Å². The van der Waals surface area contributed by atoms with E-state index in [9.17, 15) is 0 Å². The van der Waals surface area contributed by atoms with Crippen LogP contribution in [0.15, 0.2) is 30.5 Å². The van der Waals surface area contributed by atoms with Gasteiger partial charge < -0.3 is 16.0 Å². The lowest BCUT2D eigenvalue weighted by Gasteiger charge is -2.21. The predicted octanol–water partition coefficient (Wildman–Crippen LogP) is 3.34. The average Bonchev–Trinajstić information content (AvgIpc) is 3.18. The maximum atomic E-state index is 6.36. The first kappa shape index (κ1) is 18.0. The van der Waals surface area contributed by atoms with Crippen LogP contribution in [0, 0.1) is 0 Å². The zero-order valence-corrected chi connectivity index (χ0v) is 16.0. The molecule has 0 saturated carbocycles. The number of nitrogens with one attached hydrogen (secondary N) is 4. The predicted molar refractivity (Wildman–Crippen MR) is 108 cm³/mol. The highest BCUT2D eigenvalue weighted by Gasteiger charge is 2.19. The number of halogens is 2. The van der Waals surface area contributed by atoms with Gasteiger partial charge in [-0.3, -0.25) is 5.10 Å². The zero-order valence-electron chi connectivity index (χ0n) is 14.5. The number of hydrogen-bond acceptors (Lipinski definition) is 6. The monoisotopic (exact) mass is 403 g/mol. The summed E-state index contributed by atoms with van der Waals surface area (Å²) in [6.45, 7) is 3.08. The lowest BCUT2D eigenvalue weighted by Crippen LogP contribution is -2.27. The van der Waals surface area contributed by atoms with Crippen molar-refractivity contribution >= 4 is 34.8 Å². The van der Waals surface area contributed by atoms with Crippen molar-refractivity contribution in [3.8, 4) is 11.4 Å². The van der Waals surface area contributed by atoms with Crippen molar-refractivity contribution in [2.45, 2.75) is 13.0 Å². The Morgan fingerprint density at radius 3 is 2.78 bits per heavy atom. The second-order valence-corrected chi connectivity index (χ2v) is 7.04. The molecule has 2 aromatic heterocycles. The van der Waals surface area contributed by atoms with Gasteiger partial charge in [0.25, 0.3) is 0 Å². The second-order valence-electron chi connectivity index (χ2n) is 6.20. The molecule has 0 aliphatic carbocycles. The van der Waals surface area contributed by atoms with Crippen molar-refractivity contribution < 1.29 is 0 Å². The van der Waals surface area contributed by atoms with Crippen LogP contribution in [0.2, 0.25) is 10.0 Å². The van der Waals surface area contributed by atoms with Gasteiger partial charge >= 0.3 is 0 Å². The van der Waals surface area contributed by atoms with Crippen molar-refractivity contribution in [3.05, 3.63) is 51.8 Å². The standard InChI is InChI=1S/C18H19Cl2N7/c19-11-1-2-12(14(20)9-11)18-25-15-10-21-5-3-13(15)17(26-18)23-8-7-22-16-4-6-24-27-16/h1-2,4,6,9,21H,3,5,7-8,10H2,(H2,22,24,27)(H,23,25,26). The zero-order chi connectivity index (χ0) is 18.6. The Kier molecular flexibility index (Phi) is 5.42. The van der Waals surface area contributed by atoms with Crippen LogP contribution < -0.4 is 16.0 Å². The van der Waals surface area contributed by atoms with Crippen molar-refractivity contribution in [1.82, 2.24) is 25.5 Å². The Balaban J connectivity index is 1.57. The number of aromatic amines is 1. The molecule has 0 atom stereocenters.